The molecule has 0 fully saturated rings. The van der Waals surface area contributed by atoms with Crippen LogP contribution in [-0.4, -0.2) is 16.8 Å². The molecular formula is C16H18OSi. The van der Waals surface area contributed by atoms with E-state index in [1.807, 2.05) is 31.2 Å². The highest BCUT2D eigenvalue weighted by atomic mass is 28.1. The molecule has 0 bridgehead atoms. The van der Waals surface area contributed by atoms with E-state index < -0.39 is 0 Å². The third-order valence-electron chi connectivity index (χ3n) is 2.87. The standard InChI is InChI=1S/C16H18OSi/c1-2-17-15(13-9-5-3-6-10-13)16(18)14-11-7-4-8-12-14/h3-12H,2H2,1,18H3. The minimum Gasteiger partial charge on any atom is -0.493 e. The van der Waals surface area contributed by atoms with Crippen LogP contribution in [0.3, 0.4) is 0 Å². The summed E-state index contributed by atoms with van der Waals surface area (Å²) in [6.45, 7) is 2.73. The molecule has 0 aliphatic heterocycles. The van der Waals surface area contributed by atoms with Gasteiger partial charge in [-0.3, -0.25) is 0 Å². The smallest absolute Gasteiger partial charge is 0.125 e. The van der Waals surface area contributed by atoms with Gasteiger partial charge in [0.2, 0.25) is 0 Å². The summed E-state index contributed by atoms with van der Waals surface area (Å²) >= 11 is 0. The fourth-order valence-electron chi connectivity index (χ4n) is 1.96. The second kappa shape index (κ2) is 6.22. The zero-order valence-corrected chi connectivity index (χ0v) is 12.9. The monoisotopic (exact) mass is 254 g/mol. The van der Waals surface area contributed by atoms with Crippen molar-refractivity contribution in [3.63, 3.8) is 0 Å². The van der Waals surface area contributed by atoms with Crippen molar-refractivity contribution in [3.05, 3.63) is 71.8 Å². The van der Waals surface area contributed by atoms with Gasteiger partial charge in [0.1, 0.15) is 5.76 Å². The van der Waals surface area contributed by atoms with E-state index in [0.29, 0.717) is 6.61 Å². The van der Waals surface area contributed by atoms with Gasteiger partial charge in [-0.05, 0) is 17.7 Å². The fraction of sp³-hybridized carbons (Fsp3) is 0.125. The zero-order valence-electron chi connectivity index (χ0n) is 10.9. The molecule has 1 nitrogen and oxygen atoms in total. The van der Waals surface area contributed by atoms with Crippen LogP contribution in [-0.2, 0) is 4.74 Å². The summed E-state index contributed by atoms with van der Waals surface area (Å²) in [5.74, 6) is 1.02. The summed E-state index contributed by atoms with van der Waals surface area (Å²) in [5.41, 5.74) is 2.42. The Bertz CT molecular complexity index is 517. The van der Waals surface area contributed by atoms with E-state index in [-0.39, 0.29) is 0 Å². The van der Waals surface area contributed by atoms with Gasteiger partial charge in [-0.1, -0.05) is 60.7 Å². The maximum atomic E-state index is 5.86. The lowest BCUT2D eigenvalue weighted by Gasteiger charge is -2.13. The summed E-state index contributed by atoms with van der Waals surface area (Å²) in [7, 11) is 0.964. The summed E-state index contributed by atoms with van der Waals surface area (Å²) in [4.78, 5) is 0. The predicted molar refractivity (Wildman–Crippen MR) is 81.3 cm³/mol. The molecule has 0 amide bonds. The lowest BCUT2D eigenvalue weighted by atomic mass is 10.1. The van der Waals surface area contributed by atoms with Crippen molar-refractivity contribution in [2.45, 2.75) is 6.92 Å². The number of benzene rings is 2. The van der Waals surface area contributed by atoms with Crippen LogP contribution in [0.25, 0.3) is 11.0 Å². The molecule has 0 N–H and O–H groups in total. The molecule has 0 unspecified atom stereocenters. The Morgan fingerprint density at radius 2 is 1.39 bits per heavy atom. The van der Waals surface area contributed by atoms with Gasteiger partial charge in [0.15, 0.2) is 0 Å². The van der Waals surface area contributed by atoms with Crippen LogP contribution in [0, 0.1) is 0 Å². The Labute approximate surface area is 112 Å². The van der Waals surface area contributed by atoms with E-state index in [1.54, 1.807) is 0 Å². The Morgan fingerprint density at radius 1 is 0.889 bits per heavy atom. The maximum Gasteiger partial charge on any atom is 0.125 e. The summed E-state index contributed by atoms with van der Waals surface area (Å²) in [5, 5.41) is 1.31. The van der Waals surface area contributed by atoms with E-state index in [0.717, 1.165) is 21.6 Å². The molecule has 2 aromatic rings. The average Bonchev–Trinajstić information content (AvgIpc) is 2.46. The van der Waals surface area contributed by atoms with Crippen LogP contribution in [0.5, 0.6) is 0 Å². The molecule has 0 aromatic heterocycles. The molecule has 18 heavy (non-hydrogen) atoms. The summed E-state index contributed by atoms with van der Waals surface area (Å²) < 4.78 is 5.86. The molecule has 0 saturated heterocycles. The first-order chi connectivity index (χ1) is 8.83. The van der Waals surface area contributed by atoms with Crippen molar-refractivity contribution in [1.82, 2.24) is 0 Å². The lowest BCUT2D eigenvalue weighted by molar-refractivity contribution is 0.300. The molecule has 0 heterocycles. The van der Waals surface area contributed by atoms with Crippen LogP contribution < -0.4 is 0 Å². The summed E-state index contributed by atoms with van der Waals surface area (Å²) in [6, 6.07) is 20.8. The van der Waals surface area contributed by atoms with Gasteiger partial charge in [-0.25, -0.2) is 0 Å². The first kappa shape index (κ1) is 12.6. The second-order valence-corrected chi connectivity index (χ2v) is 5.12. The largest absolute Gasteiger partial charge is 0.493 e. The van der Waals surface area contributed by atoms with E-state index in [9.17, 15) is 0 Å². The highest BCUT2D eigenvalue weighted by molar-refractivity contribution is 6.46. The highest BCUT2D eigenvalue weighted by Gasteiger charge is 2.07. The Hall–Kier alpha value is -1.80. The predicted octanol–water partition coefficient (Wildman–Crippen LogP) is 2.91. The van der Waals surface area contributed by atoms with Gasteiger partial charge in [0, 0.05) is 15.8 Å². The van der Waals surface area contributed by atoms with Crippen molar-refractivity contribution in [2.75, 3.05) is 6.61 Å². The molecule has 2 heteroatoms. The second-order valence-electron chi connectivity index (χ2n) is 4.12. The maximum absolute atomic E-state index is 5.86. The van der Waals surface area contributed by atoms with Gasteiger partial charge < -0.3 is 4.74 Å². The number of rotatable bonds is 4. The molecule has 2 aromatic carbocycles. The van der Waals surface area contributed by atoms with Gasteiger partial charge in [-0.2, -0.15) is 0 Å². The van der Waals surface area contributed by atoms with Crippen LogP contribution in [0.1, 0.15) is 18.1 Å². The molecule has 0 spiro atoms. The zero-order chi connectivity index (χ0) is 12.8. The molecule has 2 rings (SSSR count). The molecular weight excluding hydrogens is 236 g/mol. The van der Waals surface area contributed by atoms with Crippen molar-refractivity contribution >= 4 is 21.2 Å². The van der Waals surface area contributed by atoms with Gasteiger partial charge in [-0.15, -0.1) is 0 Å². The van der Waals surface area contributed by atoms with Crippen molar-refractivity contribution in [2.24, 2.45) is 0 Å². The molecule has 0 aliphatic rings. The molecule has 0 radical (unpaired) electrons. The van der Waals surface area contributed by atoms with Crippen LogP contribution in [0.15, 0.2) is 60.7 Å². The normalized spacial score (nSPS) is 12.1. The van der Waals surface area contributed by atoms with Gasteiger partial charge >= 0.3 is 0 Å². The topological polar surface area (TPSA) is 9.23 Å². The van der Waals surface area contributed by atoms with Crippen LogP contribution in [0.2, 0.25) is 0 Å². The molecule has 92 valence electrons. The van der Waals surface area contributed by atoms with Gasteiger partial charge in [0.05, 0.1) is 6.61 Å². The van der Waals surface area contributed by atoms with E-state index in [4.69, 9.17) is 4.74 Å². The Balaban J connectivity index is 2.47. The van der Waals surface area contributed by atoms with Crippen molar-refractivity contribution < 1.29 is 4.74 Å². The number of hydrogen-bond donors (Lipinski definition) is 0. The first-order valence-electron chi connectivity index (χ1n) is 6.27. The van der Waals surface area contributed by atoms with E-state index in [1.165, 1.54) is 10.8 Å². The third-order valence-corrected chi connectivity index (χ3v) is 3.90. The fourth-order valence-corrected chi connectivity index (χ4v) is 2.73. The quantitative estimate of drug-likeness (QED) is 0.463. The van der Waals surface area contributed by atoms with Crippen LogP contribution >= 0.6 is 0 Å². The number of ether oxygens (including phenoxy) is 1. The first-order valence-corrected chi connectivity index (χ1v) is 7.27. The Kier molecular flexibility index (Phi) is 4.37. The SMILES string of the molecule is CCOC(=C([SiH3])c1ccccc1)c1ccccc1. The third kappa shape index (κ3) is 2.90. The van der Waals surface area contributed by atoms with Crippen molar-refractivity contribution in [3.8, 4) is 0 Å². The number of hydrogen-bond acceptors (Lipinski definition) is 1. The van der Waals surface area contributed by atoms with Crippen LogP contribution in [0.4, 0.5) is 0 Å². The van der Waals surface area contributed by atoms with Gasteiger partial charge in [0.25, 0.3) is 0 Å². The lowest BCUT2D eigenvalue weighted by Crippen LogP contribution is -1.97. The van der Waals surface area contributed by atoms with Crippen molar-refractivity contribution in [1.29, 1.82) is 0 Å². The molecule has 0 aliphatic carbocycles. The summed E-state index contributed by atoms with van der Waals surface area (Å²) in [6.07, 6.45) is 0. The Morgan fingerprint density at radius 3 is 1.89 bits per heavy atom. The minimum atomic E-state index is 0.697. The van der Waals surface area contributed by atoms with E-state index in [2.05, 4.69) is 36.4 Å². The highest BCUT2D eigenvalue weighted by Crippen LogP contribution is 2.24. The average molecular weight is 254 g/mol. The minimum absolute atomic E-state index is 0.697. The van der Waals surface area contributed by atoms with E-state index >= 15 is 0 Å². The molecule has 0 saturated carbocycles. The molecule has 0 atom stereocenters.